The van der Waals surface area contributed by atoms with E-state index in [-0.39, 0.29) is 5.56 Å². The molecule has 1 aromatic carbocycles. The Kier molecular flexibility index (Phi) is 3.85. The standard InChI is InChI=1S/C20H23N5O/c26-20-10-9-16(14-7-8-14)23-25(20)12-15-4-3-11-24(15)13-19-21-17-5-1-2-6-18(17)22-19/h1-2,5-6,9-10,14-15H,3-4,7-8,11-13H2,(H,21,22). The molecule has 2 fully saturated rings. The highest BCUT2D eigenvalue weighted by Gasteiger charge is 2.28. The molecule has 134 valence electrons. The smallest absolute Gasteiger partial charge is 0.266 e. The molecule has 1 aliphatic heterocycles. The largest absolute Gasteiger partial charge is 0.341 e. The zero-order valence-corrected chi connectivity index (χ0v) is 14.8. The minimum atomic E-state index is 0.00462. The lowest BCUT2D eigenvalue weighted by molar-refractivity contribution is 0.212. The molecular weight excluding hydrogens is 326 g/mol. The summed E-state index contributed by atoms with van der Waals surface area (Å²) in [4.78, 5) is 22.8. The number of benzene rings is 1. The van der Waals surface area contributed by atoms with Gasteiger partial charge in [-0.15, -0.1) is 0 Å². The van der Waals surface area contributed by atoms with Gasteiger partial charge in [-0.25, -0.2) is 9.67 Å². The second kappa shape index (κ2) is 6.36. The molecule has 1 saturated carbocycles. The third-order valence-electron chi connectivity index (χ3n) is 5.56. The Balaban J connectivity index is 1.34. The highest BCUT2D eigenvalue weighted by Crippen LogP contribution is 2.38. The van der Waals surface area contributed by atoms with E-state index < -0.39 is 0 Å². The quantitative estimate of drug-likeness (QED) is 0.769. The first-order valence-corrected chi connectivity index (χ1v) is 9.52. The molecule has 1 saturated heterocycles. The van der Waals surface area contributed by atoms with Crippen molar-refractivity contribution in [3.05, 3.63) is 58.3 Å². The lowest BCUT2D eigenvalue weighted by Crippen LogP contribution is -2.37. The predicted molar refractivity (Wildman–Crippen MR) is 100.0 cm³/mol. The molecule has 6 heteroatoms. The summed E-state index contributed by atoms with van der Waals surface area (Å²) in [6, 6.07) is 12.0. The third kappa shape index (κ3) is 3.05. The number of likely N-dealkylation sites (tertiary alicyclic amines) is 1. The number of nitrogens with one attached hydrogen (secondary N) is 1. The van der Waals surface area contributed by atoms with E-state index in [4.69, 9.17) is 4.98 Å². The number of aromatic nitrogens is 4. The van der Waals surface area contributed by atoms with Crippen LogP contribution in [-0.2, 0) is 13.1 Å². The fourth-order valence-corrected chi connectivity index (χ4v) is 3.97. The third-order valence-corrected chi connectivity index (χ3v) is 5.56. The number of para-hydroxylation sites is 2. The predicted octanol–water partition coefficient (Wildman–Crippen LogP) is 2.66. The van der Waals surface area contributed by atoms with Gasteiger partial charge in [-0.2, -0.15) is 5.10 Å². The van der Waals surface area contributed by atoms with Gasteiger partial charge in [0.05, 0.1) is 29.8 Å². The van der Waals surface area contributed by atoms with Gasteiger partial charge in [0, 0.05) is 18.0 Å². The van der Waals surface area contributed by atoms with E-state index in [2.05, 4.69) is 21.0 Å². The number of nitrogens with zero attached hydrogens (tertiary/aromatic N) is 4. The Morgan fingerprint density at radius 3 is 2.85 bits per heavy atom. The average Bonchev–Trinajstić information content (AvgIpc) is 3.28. The highest BCUT2D eigenvalue weighted by atomic mass is 16.1. The van der Waals surface area contributed by atoms with Crippen LogP contribution in [0.3, 0.4) is 0 Å². The molecule has 3 aromatic rings. The summed E-state index contributed by atoms with van der Waals surface area (Å²) >= 11 is 0. The van der Waals surface area contributed by atoms with E-state index in [1.54, 1.807) is 10.7 Å². The van der Waals surface area contributed by atoms with Crippen LogP contribution in [0.1, 0.15) is 43.1 Å². The molecular formula is C20H23N5O. The van der Waals surface area contributed by atoms with Crippen molar-refractivity contribution in [1.82, 2.24) is 24.6 Å². The van der Waals surface area contributed by atoms with Crippen LogP contribution in [-0.4, -0.2) is 37.2 Å². The van der Waals surface area contributed by atoms with Crippen molar-refractivity contribution in [2.45, 2.75) is 50.7 Å². The number of aromatic amines is 1. The fraction of sp³-hybridized carbons (Fsp3) is 0.450. The van der Waals surface area contributed by atoms with Gasteiger partial charge in [0.2, 0.25) is 0 Å². The van der Waals surface area contributed by atoms with Crippen LogP contribution >= 0.6 is 0 Å². The molecule has 1 N–H and O–H groups in total. The van der Waals surface area contributed by atoms with Gasteiger partial charge in [-0.1, -0.05) is 12.1 Å². The molecule has 3 heterocycles. The van der Waals surface area contributed by atoms with Crippen molar-refractivity contribution in [2.24, 2.45) is 0 Å². The number of hydrogen-bond acceptors (Lipinski definition) is 4. The summed E-state index contributed by atoms with van der Waals surface area (Å²) in [5.41, 5.74) is 3.16. The lowest BCUT2D eigenvalue weighted by Gasteiger charge is -2.23. The first-order valence-electron chi connectivity index (χ1n) is 9.52. The number of imidazole rings is 1. The SMILES string of the molecule is O=c1ccc(C2CC2)nn1CC1CCCN1Cc1nc2ccccc2[nH]1. The van der Waals surface area contributed by atoms with Gasteiger partial charge >= 0.3 is 0 Å². The molecule has 26 heavy (non-hydrogen) atoms. The van der Waals surface area contributed by atoms with Crippen molar-refractivity contribution in [2.75, 3.05) is 6.54 Å². The maximum atomic E-state index is 12.2. The van der Waals surface area contributed by atoms with Crippen molar-refractivity contribution in [1.29, 1.82) is 0 Å². The van der Waals surface area contributed by atoms with Gasteiger partial charge < -0.3 is 4.98 Å². The maximum Gasteiger partial charge on any atom is 0.266 e. The van der Waals surface area contributed by atoms with Crippen molar-refractivity contribution in [3.8, 4) is 0 Å². The summed E-state index contributed by atoms with van der Waals surface area (Å²) in [5, 5.41) is 4.63. The molecule has 1 aliphatic carbocycles. The van der Waals surface area contributed by atoms with E-state index in [9.17, 15) is 4.79 Å². The van der Waals surface area contributed by atoms with Crippen LogP contribution in [0, 0.1) is 0 Å². The highest BCUT2D eigenvalue weighted by molar-refractivity contribution is 5.74. The van der Waals surface area contributed by atoms with Crippen LogP contribution < -0.4 is 5.56 Å². The molecule has 1 atom stereocenters. The molecule has 0 spiro atoms. The minimum absolute atomic E-state index is 0.00462. The number of hydrogen-bond donors (Lipinski definition) is 1. The van der Waals surface area contributed by atoms with Crippen molar-refractivity contribution in [3.63, 3.8) is 0 Å². The Morgan fingerprint density at radius 1 is 1.12 bits per heavy atom. The van der Waals surface area contributed by atoms with Crippen molar-refractivity contribution >= 4 is 11.0 Å². The Bertz CT molecular complexity index is 954. The number of H-pyrrole nitrogens is 1. The number of fused-ring (bicyclic) bond motifs is 1. The normalized spacial score (nSPS) is 20.8. The first kappa shape index (κ1) is 15.8. The summed E-state index contributed by atoms with van der Waals surface area (Å²) in [6.07, 6.45) is 4.66. The molecule has 1 unspecified atom stereocenters. The van der Waals surface area contributed by atoms with Gasteiger partial charge in [-0.3, -0.25) is 9.69 Å². The van der Waals surface area contributed by atoms with Gasteiger partial charge in [0.1, 0.15) is 5.82 Å². The molecule has 5 rings (SSSR count). The summed E-state index contributed by atoms with van der Waals surface area (Å²) < 4.78 is 1.68. The van der Waals surface area contributed by atoms with Gasteiger partial charge in [-0.05, 0) is 50.4 Å². The molecule has 2 aromatic heterocycles. The van der Waals surface area contributed by atoms with E-state index in [0.29, 0.717) is 18.5 Å². The van der Waals surface area contributed by atoms with E-state index in [1.807, 2.05) is 24.3 Å². The zero-order chi connectivity index (χ0) is 17.5. The monoisotopic (exact) mass is 349 g/mol. The second-order valence-corrected chi connectivity index (χ2v) is 7.52. The van der Waals surface area contributed by atoms with Crippen molar-refractivity contribution < 1.29 is 0 Å². The van der Waals surface area contributed by atoms with E-state index in [0.717, 1.165) is 48.5 Å². The average molecular weight is 349 g/mol. The zero-order valence-electron chi connectivity index (χ0n) is 14.8. The molecule has 2 aliphatic rings. The van der Waals surface area contributed by atoms with E-state index in [1.165, 1.54) is 12.8 Å². The van der Waals surface area contributed by atoms with Crippen LogP contribution in [0.2, 0.25) is 0 Å². The Morgan fingerprint density at radius 2 is 2.00 bits per heavy atom. The fourth-order valence-electron chi connectivity index (χ4n) is 3.97. The minimum Gasteiger partial charge on any atom is -0.341 e. The lowest BCUT2D eigenvalue weighted by atomic mass is 10.2. The summed E-state index contributed by atoms with van der Waals surface area (Å²) in [5.74, 6) is 1.56. The van der Waals surface area contributed by atoms with Crippen LogP contribution in [0.25, 0.3) is 11.0 Å². The van der Waals surface area contributed by atoms with Gasteiger partial charge in [0.25, 0.3) is 5.56 Å². The first-order chi connectivity index (χ1) is 12.8. The van der Waals surface area contributed by atoms with E-state index >= 15 is 0 Å². The maximum absolute atomic E-state index is 12.2. The van der Waals surface area contributed by atoms with Crippen LogP contribution in [0.4, 0.5) is 0 Å². The Labute approximate surface area is 151 Å². The molecule has 6 nitrogen and oxygen atoms in total. The van der Waals surface area contributed by atoms with Crippen LogP contribution in [0.5, 0.6) is 0 Å². The second-order valence-electron chi connectivity index (χ2n) is 7.52. The Hall–Kier alpha value is -2.47. The topological polar surface area (TPSA) is 66.8 Å². The molecule has 0 amide bonds. The van der Waals surface area contributed by atoms with Crippen LogP contribution in [0.15, 0.2) is 41.2 Å². The van der Waals surface area contributed by atoms with Gasteiger partial charge in [0.15, 0.2) is 0 Å². The number of rotatable bonds is 5. The summed E-state index contributed by atoms with van der Waals surface area (Å²) in [6.45, 7) is 2.49. The molecule has 0 radical (unpaired) electrons. The summed E-state index contributed by atoms with van der Waals surface area (Å²) in [7, 11) is 0. The molecule has 0 bridgehead atoms.